The van der Waals surface area contributed by atoms with Gasteiger partial charge < -0.3 is 11.1 Å². The van der Waals surface area contributed by atoms with E-state index < -0.39 is 0 Å². The van der Waals surface area contributed by atoms with E-state index in [1.807, 2.05) is 30.3 Å². The van der Waals surface area contributed by atoms with E-state index in [0.29, 0.717) is 17.9 Å². The zero-order valence-corrected chi connectivity index (χ0v) is 11.4. The van der Waals surface area contributed by atoms with Crippen molar-refractivity contribution in [2.45, 2.75) is 31.2 Å². The Bertz CT molecular complexity index is 666. The predicted molar refractivity (Wildman–Crippen MR) is 80.3 cm³/mol. The molecule has 1 heterocycles. The molecule has 1 aromatic heterocycles. The smallest absolute Gasteiger partial charge is 0.145 e. The number of fused-ring (bicyclic) bond motifs is 1. The molecule has 0 amide bonds. The van der Waals surface area contributed by atoms with Gasteiger partial charge in [-0.05, 0) is 25.0 Å². The highest BCUT2D eigenvalue weighted by Gasteiger charge is 2.33. The highest BCUT2D eigenvalue weighted by Crippen LogP contribution is 2.33. The molecular weight excluding hydrogens is 248 g/mol. The van der Waals surface area contributed by atoms with Gasteiger partial charge in [0.25, 0.3) is 0 Å². The Morgan fingerprint density at radius 1 is 1.30 bits per heavy atom. The van der Waals surface area contributed by atoms with Gasteiger partial charge in [0.2, 0.25) is 0 Å². The summed E-state index contributed by atoms with van der Waals surface area (Å²) in [5.41, 5.74) is 7.34. The number of nitrogens with zero attached hydrogens (tertiary/aromatic N) is 2. The van der Waals surface area contributed by atoms with Gasteiger partial charge in [-0.3, -0.25) is 0 Å². The molecule has 1 saturated carbocycles. The lowest BCUT2D eigenvalue weighted by Crippen LogP contribution is -2.43. The maximum Gasteiger partial charge on any atom is 0.145 e. The molecule has 0 unspecified atom stereocenters. The first-order chi connectivity index (χ1) is 9.76. The molecule has 1 aliphatic rings. The Hall–Kier alpha value is -2.12. The quantitative estimate of drug-likeness (QED) is 0.895. The van der Waals surface area contributed by atoms with Crippen LogP contribution in [0.3, 0.4) is 0 Å². The van der Waals surface area contributed by atoms with Crippen LogP contribution in [0.4, 0.5) is 5.82 Å². The molecule has 1 fully saturated rings. The van der Waals surface area contributed by atoms with Crippen LogP contribution in [0, 0.1) is 11.3 Å². The molecule has 0 spiro atoms. The fourth-order valence-corrected chi connectivity index (χ4v) is 2.98. The number of para-hydroxylation sites is 1. The molecule has 3 N–H and O–H groups in total. The van der Waals surface area contributed by atoms with Crippen LogP contribution in [0.2, 0.25) is 0 Å². The standard InChI is InChI=1S/C16H18N4/c17-10-13-9-12-5-1-2-6-14(12)19-15(13)20-16(11-18)7-3-4-8-16/h1-2,5-6,9H,3-4,7-8,11,18H2,(H,19,20). The van der Waals surface area contributed by atoms with Crippen LogP contribution in [0.25, 0.3) is 10.9 Å². The van der Waals surface area contributed by atoms with Crippen molar-refractivity contribution >= 4 is 16.7 Å². The minimum Gasteiger partial charge on any atom is -0.362 e. The summed E-state index contributed by atoms with van der Waals surface area (Å²) in [7, 11) is 0. The van der Waals surface area contributed by atoms with Gasteiger partial charge in [-0.2, -0.15) is 5.26 Å². The number of pyridine rings is 1. The molecule has 102 valence electrons. The number of rotatable bonds is 3. The largest absolute Gasteiger partial charge is 0.362 e. The predicted octanol–water partition coefficient (Wildman–Crippen LogP) is 2.79. The highest BCUT2D eigenvalue weighted by molar-refractivity contribution is 5.82. The number of benzene rings is 1. The van der Waals surface area contributed by atoms with Gasteiger partial charge in [-0.25, -0.2) is 4.98 Å². The first kappa shape index (κ1) is 12.9. The van der Waals surface area contributed by atoms with E-state index in [2.05, 4.69) is 16.4 Å². The average molecular weight is 266 g/mol. The van der Waals surface area contributed by atoms with E-state index in [1.165, 1.54) is 12.8 Å². The monoisotopic (exact) mass is 266 g/mol. The van der Waals surface area contributed by atoms with Crippen LogP contribution in [0.5, 0.6) is 0 Å². The number of nitriles is 1. The highest BCUT2D eigenvalue weighted by atomic mass is 15.1. The Morgan fingerprint density at radius 3 is 2.75 bits per heavy atom. The van der Waals surface area contributed by atoms with Crippen molar-refractivity contribution in [2.24, 2.45) is 5.73 Å². The average Bonchev–Trinajstić information content (AvgIpc) is 2.95. The van der Waals surface area contributed by atoms with Crippen LogP contribution in [-0.4, -0.2) is 17.1 Å². The van der Waals surface area contributed by atoms with E-state index in [4.69, 9.17) is 5.73 Å². The molecule has 20 heavy (non-hydrogen) atoms. The Balaban J connectivity index is 2.04. The summed E-state index contributed by atoms with van der Waals surface area (Å²) in [6.07, 6.45) is 4.45. The first-order valence-electron chi connectivity index (χ1n) is 7.04. The van der Waals surface area contributed by atoms with Crippen LogP contribution in [0.15, 0.2) is 30.3 Å². The topological polar surface area (TPSA) is 74.7 Å². The third kappa shape index (κ3) is 2.21. The molecule has 1 aliphatic carbocycles. The number of hydrogen-bond acceptors (Lipinski definition) is 4. The van der Waals surface area contributed by atoms with Crippen LogP contribution in [-0.2, 0) is 0 Å². The molecule has 3 rings (SSSR count). The van der Waals surface area contributed by atoms with Crippen LogP contribution in [0.1, 0.15) is 31.2 Å². The number of nitrogens with one attached hydrogen (secondary N) is 1. The summed E-state index contributed by atoms with van der Waals surface area (Å²) in [5, 5.41) is 13.8. The normalized spacial score (nSPS) is 17.0. The van der Waals surface area contributed by atoms with Gasteiger partial charge in [-0.15, -0.1) is 0 Å². The lowest BCUT2D eigenvalue weighted by molar-refractivity contribution is 0.491. The zero-order valence-electron chi connectivity index (χ0n) is 11.4. The van der Waals surface area contributed by atoms with E-state index >= 15 is 0 Å². The SMILES string of the molecule is N#Cc1cc2ccccc2nc1NC1(CN)CCCC1. The summed E-state index contributed by atoms with van der Waals surface area (Å²) >= 11 is 0. The maximum absolute atomic E-state index is 9.35. The van der Waals surface area contributed by atoms with E-state index in [1.54, 1.807) is 0 Å². The zero-order chi connectivity index (χ0) is 14.0. The molecular formula is C16H18N4. The minimum absolute atomic E-state index is 0.0962. The van der Waals surface area contributed by atoms with Crippen molar-refractivity contribution in [2.75, 3.05) is 11.9 Å². The first-order valence-corrected chi connectivity index (χ1v) is 7.04. The fourth-order valence-electron chi connectivity index (χ4n) is 2.98. The Morgan fingerprint density at radius 2 is 2.05 bits per heavy atom. The van der Waals surface area contributed by atoms with Gasteiger partial charge >= 0.3 is 0 Å². The van der Waals surface area contributed by atoms with Crippen LogP contribution < -0.4 is 11.1 Å². The molecule has 0 saturated heterocycles. The Labute approximate surface area is 118 Å². The lowest BCUT2D eigenvalue weighted by atomic mass is 9.97. The molecule has 4 nitrogen and oxygen atoms in total. The molecule has 0 atom stereocenters. The fraction of sp³-hybridized carbons (Fsp3) is 0.375. The van der Waals surface area contributed by atoms with Crippen LogP contribution >= 0.6 is 0 Å². The summed E-state index contributed by atoms with van der Waals surface area (Å²) in [6.45, 7) is 0.576. The third-order valence-corrected chi connectivity index (χ3v) is 4.18. The summed E-state index contributed by atoms with van der Waals surface area (Å²) in [5.74, 6) is 0.665. The molecule has 4 heteroatoms. The minimum atomic E-state index is -0.0962. The second-order valence-electron chi connectivity index (χ2n) is 5.51. The maximum atomic E-state index is 9.35. The molecule has 0 radical (unpaired) electrons. The van der Waals surface area contributed by atoms with Gasteiger partial charge in [0.05, 0.1) is 16.6 Å². The van der Waals surface area contributed by atoms with Gasteiger partial charge in [-0.1, -0.05) is 31.0 Å². The third-order valence-electron chi connectivity index (χ3n) is 4.18. The molecule has 1 aromatic carbocycles. The Kier molecular flexibility index (Phi) is 3.29. The summed E-state index contributed by atoms with van der Waals surface area (Å²) in [4.78, 5) is 4.61. The van der Waals surface area contributed by atoms with Crippen molar-refractivity contribution < 1.29 is 0 Å². The van der Waals surface area contributed by atoms with Crippen molar-refractivity contribution in [3.8, 4) is 6.07 Å². The number of aromatic nitrogens is 1. The number of anilines is 1. The number of nitrogens with two attached hydrogens (primary N) is 1. The summed E-state index contributed by atoms with van der Waals surface area (Å²) < 4.78 is 0. The van der Waals surface area contributed by atoms with Crippen molar-refractivity contribution in [3.05, 3.63) is 35.9 Å². The second kappa shape index (κ2) is 5.10. The van der Waals surface area contributed by atoms with E-state index in [9.17, 15) is 5.26 Å². The summed E-state index contributed by atoms with van der Waals surface area (Å²) in [6, 6.07) is 12.0. The van der Waals surface area contributed by atoms with E-state index in [0.717, 1.165) is 23.7 Å². The van der Waals surface area contributed by atoms with Crippen molar-refractivity contribution in [1.82, 2.24) is 4.98 Å². The lowest BCUT2D eigenvalue weighted by Gasteiger charge is -2.29. The van der Waals surface area contributed by atoms with Gasteiger partial charge in [0, 0.05) is 11.9 Å². The second-order valence-corrected chi connectivity index (χ2v) is 5.51. The molecule has 2 aromatic rings. The molecule has 0 bridgehead atoms. The van der Waals surface area contributed by atoms with Crippen molar-refractivity contribution in [3.63, 3.8) is 0 Å². The van der Waals surface area contributed by atoms with Crippen molar-refractivity contribution in [1.29, 1.82) is 5.26 Å². The molecule has 0 aliphatic heterocycles. The van der Waals surface area contributed by atoms with E-state index in [-0.39, 0.29) is 5.54 Å². The van der Waals surface area contributed by atoms with Gasteiger partial charge in [0.15, 0.2) is 0 Å². The van der Waals surface area contributed by atoms with Gasteiger partial charge in [0.1, 0.15) is 11.9 Å². The number of hydrogen-bond donors (Lipinski definition) is 2.